The van der Waals surface area contributed by atoms with Gasteiger partial charge in [-0.1, -0.05) is 0 Å². The Hall–Kier alpha value is 0.900. The van der Waals surface area contributed by atoms with E-state index in [4.69, 9.17) is 0 Å². The van der Waals surface area contributed by atoms with E-state index >= 15 is 0 Å². The Morgan fingerprint density at radius 1 is 1.00 bits per heavy atom. The largest absolute Gasteiger partial charge is 0.203 e. The number of nitrogens with zero attached hydrogens (tertiary/aromatic N) is 2. The monoisotopic (exact) mass is 158 g/mol. The van der Waals surface area contributed by atoms with Gasteiger partial charge in [-0.25, -0.2) is 8.27 Å². The summed E-state index contributed by atoms with van der Waals surface area (Å²) in [6.07, 6.45) is 0. The van der Waals surface area contributed by atoms with Crippen LogP contribution in [-0.2, 0) is 24.9 Å². The van der Waals surface area contributed by atoms with Crippen molar-refractivity contribution in [2.24, 2.45) is 8.27 Å². The lowest BCUT2D eigenvalue weighted by Gasteiger charge is -1.32. The van der Waals surface area contributed by atoms with Crippen molar-refractivity contribution < 1.29 is 0 Å². The molecule has 0 aliphatic heterocycles. The molecule has 0 bridgehead atoms. The average molecular weight is 158 g/mol. The van der Waals surface area contributed by atoms with Gasteiger partial charge in [0.25, 0.3) is 0 Å². The highest BCUT2D eigenvalue weighted by Crippen LogP contribution is 1.69. The smallest absolute Gasteiger partial charge is 0.0392 e. The van der Waals surface area contributed by atoms with E-state index in [9.17, 15) is 0 Å². The fraction of sp³-hybridized carbons (Fsp3) is 0. The average Bonchev–Trinajstić information content (AvgIpc) is 1.39. The van der Waals surface area contributed by atoms with E-state index in [-0.39, 0.29) is 0 Å². The Kier molecular flexibility index (Phi) is 28.1. The molecule has 0 aromatic heterocycles. The van der Waals surface area contributed by atoms with Crippen LogP contribution in [0.2, 0.25) is 0 Å². The highest BCUT2D eigenvalue weighted by Gasteiger charge is 1.14. The Balaban J connectivity index is 0. The van der Waals surface area contributed by atoms with Crippen LogP contribution in [0.25, 0.3) is 0 Å². The fourth-order valence-corrected chi connectivity index (χ4v) is 0. The molecular weight excluding hydrogens is 154 g/mol. The first kappa shape index (κ1) is 10.0. The molecule has 2 atom stereocenters. The summed E-state index contributed by atoms with van der Waals surface area (Å²) in [6.45, 7) is 0. The summed E-state index contributed by atoms with van der Waals surface area (Å²) >= 11 is 7.96. The zero-order valence-electron chi connectivity index (χ0n) is 2.87. The van der Waals surface area contributed by atoms with E-state index in [0.29, 0.717) is 0 Å². The van der Waals surface area contributed by atoms with Crippen LogP contribution in [0.15, 0.2) is 8.27 Å². The van der Waals surface area contributed by atoms with E-state index in [1.54, 1.807) is 0 Å². The number of hydrogen-bond acceptors (Lipinski definition) is 4. The van der Waals surface area contributed by atoms with Crippen molar-refractivity contribution in [2.45, 2.75) is 0 Å². The van der Waals surface area contributed by atoms with E-state index < -0.39 is 0 Å². The zero-order valence-corrected chi connectivity index (χ0v) is 6.81. The van der Waals surface area contributed by atoms with Crippen LogP contribution in [0.4, 0.5) is 0 Å². The van der Waals surface area contributed by atoms with Crippen LogP contribution in [0.1, 0.15) is 0 Å². The molecule has 0 saturated heterocycles. The van der Waals surface area contributed by atoms with Crippen molar-refractivity contribution in [3.8, 4) is 0 Å². The molecule has 0 aliphatic rings. The first-order chi connectivity index (χ1) is 2.83. The summed E-state index contributed by atoms with van der Waals surface area (Å²) in [6, 6.07) is 0. The topological polar surface area (TPSA) is 24.7 Å². The van der Waals surface area contributed by atoms with Crippen molar-refractivity contribution in [1.82, 2.24) is 0 Å². The molecule has 2 nitrogen and oxygen atoms in total. The number of hydrogen-bond donors (Lipinski definition) is 0. The first-order valence-corrected chi connectivity index (χ1v) is 2.64. The predicted molar refractivity (Wildman–Crippen MR) is 39.0 cm³/mol. The Bertz CT molecular complexity index is 30.5. The van der Waals surface area contributed by atoms with Crippen LogP contribution in [-0.4, -0.2) is 0 Å². The van der Waals surface area contributed by atoms with Gasteiger partial charge >= 0.3 is 0 Å². The lowest BCUT2D eigenvalue weighted by atomic mass is 13.9. The van der Waals surface area contributed by atoms with Gasteiger partial charge in [-0.2, -0.15) is 0 Å². The SMILES string of the molecule is PN=S.PN=S. The van der Waals surface area contributed by atoms with Gasteiger partial charge < -0.3 is 0 Å². The second-order valence-corrected chi connectivity index (χ2v) is 1.90. The molecule has 0 radical (unpaired) electrons. The fourth-order valence-electron chi connectivity index (χ4n) is 0. The third kappa shape index (κ3) is 92.0. The van der Waals surface area contributed by atoms with Crippen molar-refractivity contribution in [1.29, 1.82) is 0 Å². The van der Waals surface area contributed by atoms with Crippen LogP contribution in [0.3, 0.4) is 0 Å². The van der Waals surface area contributed by atoms with E-state index in [1.807, 2.05) is 18.8 Å². The highest BCUT2D eigenvalue weighted by molar-refractivity contribution is 7.51. The minimum atomic E-state index is 2.02. The molecule has 36 valence electrons. The Morgan fingerprint density at radius 2 is 1.00 bits per heavy atom. The maximum Gasteiger partial charge on any atom is 0.0392 e. The molecule has 0 spiro atoms. The standard InChI is InChI=1S/2H2NPS/c2*2-1-3/h2*2H2. The minimum Gasteiger partial charge on any atom is -0.203 e. The van der Waals surface area contributed by atoms with Crippen molar-refractivity contribution in [3.05, 3.63) is 0 Å². The highest BCUT2D eigenvalue weighted by atomic mass is 32.1. The van der Waals surface area contributed by atoms with Gasteiger partial charge in [0.1, 0.15) is 0 Å². The van der Waals surface area contributed by atoms with Crippen molar-refractivity contribution in [2.75, 3.05) is 0 Å². The maximum atomic E-state index is 3.98. The van der Waals surface area contributed by atoms with Gasteiger partial charge in [-0.05, 0) is 0 Å². The molecule has 0 aromatic carbocycles. The van der Waals surface area contributed by atoms with Crippen molar-refractivity contribution >= 4 is 43.6 Å². The van der Waals surface area contributed by atoms with E-state index in [0.717, 1.165) is 0 Å². The van der Waals surface area contributed by atoms with Crippen LogP contribution < -0.4 is 0 Å². The molecule has 0 saturated carbocycles. The lowest BCUT2D eigenvalue weighted by Crippen LogP contribution is -0.921. The lowest BCUT2D eigenvalue weighted by molar-refractivity contribution is 2.12. The molecule has 2 unspecified atom stereocenters. The molecule has 0 heterocycles. The summed E-state index contributed by atoms with van der Waals surface area (Å²) < 4.78 is 6.00. The Labute approximate surface area is 52.3 Å². The summed E-state index contributed by atoms with van der Waals surface area (Å²) in [4.78, 5) is 0. The van der Waals surface area contributed by atoms with Gasteiger partial charge in [-0.3, -0.25) is 0 Å². The van der Waals surface area contributed by atoms with Crippen LogP contribution >= 0.6 is 18.8 Å². The quantitative estimate of drug-likeness (QED) is 0.491. The Morgan fingerprint density at radius 3 is 1.00 bits per heavy atom. The van der Waals surface area contributed by atoms with Crippen LogP contribution in [0.5, 0.6) is 0 Å². The predicted octanol–water partition coefficient (Wildman–Crippen LogP) is 1.01. The number of rotatable bonds is 0. The summed E-state index contributed by atoms with van der Waals surface area (Å²) in [7, 11) is 4.04. The molecule has 6 heteroatoms. The second kappa shape index (κ2) is 16.8. The van der Waals surface area contributed by atoms with Crippen molar-refractivity contribution in [3.63, 3.8) is 0 Å². The van der Waals surface area contributed by atoms with E-state index in [2.05, 4.69) is 33.1 Å². The molecule has 0 N–H and O–H groups in total. The third-order valence-corrected chi connectivity index (χ3v) is 0. The van der Waals surface area contributed by atoms with Gasteiger partial charge in [0.15, 0.2) is 0 Å². The van der Waals surface area contributed by atoms with Gasteiger partial charge in [0.05, 0.1) is 0 Å². The molecule has 0 amide bonds. The van der Waals surface area contributed by atoms with Gasteiger partial charge in [-0.15, -0.1) is 0 Å². The molecule has 0 aliphatic carbocycles. The summed E-state index contributed by atoms with van der Waals surface area (Å²) in [5, 5.41) is 0. The van der Waals surface area contributed by atoms with Gasteiger partial charge in [0, 0.05) is 43.6 Å². The molecular formula is H4N2P2S2. The first-order valence-electron chi connectivity index (χ1n) is 0.882. The molecule has 6 heavy (non-hydrogen) atoms. The summed E-state index contributed by atoms with van der Waals surface area (Å²) in [5.41, 5.74) is 0. The maximum absolute atomic E-state index is 3.98. The van der Waals surface area contributed by atoms with Crippen LogP contribution in [0, 0.1) is 0 Å². The third-order valence-electron chi connectivity index (χ3n) is 0. The second-order valence-electron chi connectivity index (χ2n) is 0.211. The van der Waals surface area contributed by atoms with Gasteiger partial charge in [0.2, 0.25) is 0 Å². The normalized spacial score (nSPS) is 4.33. The molecule has 0 fully saturated rings. The zero-order chi connectivity index (χ0) is 5.41. The minimum absolute atomic E-state index is 2.02. The molecule has 0 rings (SSSR count). The summed E-state index contributed by atoms with van der Waals surface area (Å²) in [5.74, 6) is 0. The molecule has 0 aromatic rings. The van der Waals surface area contributed by atoms with E-state index in [1.165, 1.54) is 0 Å².